The van der Waals surface area contributed by atoms with Crippen LogP contribution in [0.5, 0.6) is 0 Å². The largest absolute Gasteiger partial charge is 0.367 e. The van der Waals surface area contributed by atoms with E-state index < -0.39 is 6.29 Å². The van der Waals surface area contributed by atoms with Gasteiger partial charge in [-0.05, 0) is 0 Å². The van der Waals surface area contributed by atoms with E-state index >= 15 is 0 Å². The first-order chi connectivity index (χ1) is 4.72. The Morgan fingerprint density at radius 1 is 1.50 bits per heavy atom. The first-order valence-electron chi connectivity index (χ1n) is 3.37. The lowest BCUT2D eigenvalue weighted by atomic mass is 10.0. The number of likely N-dealkylation sites (tertiary alicyclic amines) is 1. The molecule has 1 heterocycles. The quantitative estimate of drug-likeness (QED) is 0.516. The molecule has 0 spiro atoms. The van der Waals surface area contributed by atoms with Crippen LogP contribution in [0.25, 0.3) is 0 Å². The zero-order valence-electron chi connectivity index (χ0n) is 5.70. The summed E-state index contributed by atoms with van der Waals surface area (Å²) in [5.74, 6) is 0.124. The normalized spacial score (nSPS) is 21.6. The molecule has 0 atom stereocenters. The number of aliphatic hydroxyl groups is 2. The van der Waals surface area contributed by atoms with E-state index in [1.807, 2.05) is 4.90 Å². The van der Waals surface area contributed by atoms with E-state index in [1.165, 1.54) is 0 Å². The molecule has 1 saturated heterocycles. The van der Waals surface area contributed by atoms with Crippen molar-refractivity contribution in [1.82, 2.24) is 4.90 Å². The third-order valence-corrected chi connectivity index (χ3v) is 1.67. The Morgan fingerprint density at radius 3 is 2.50 bits per heavy atom. The molecule has 0 unspecified atom stereocenters. The molecular formula is C6H12FNO2. The topological polar surface area (TPSA) is 43.7 Å². The third kappa shape index (κ3) is 1.90. The van der Waals surface area contributed by atoms with Crippen LogP contribution >= 0.6 is 0 Å². The van der Waals surface area contributed by atoms with Crippen LogP contribution in [-0.4, -0.2) is 47.7 Å². The summed E-state index contributed by atoms with van der Waals surface area (Å²) < 4.78 is 11.8. The molecule has 0 aliphatic carbocycles. The van der Waals surface area contributed by atoms with Crippen molar-refractivity contribution in [1.29, 1.82) is 0 Å². The van der Waals surface area contributed by atoms with Gasteiger partial charge in [0.15, 0.2) is 6.29 Å². The Balaban J connectivity index is 2.03. The second kappa shape index (κ2) is 3.27. The third-order valence-electron chi connectivity index (χ3n) is 1.67. The molecule has 3 nitrogen and oxygen atoms in total. The van der Waals surface area contributed by atoms with Gasteiger partial charge in [0.05, 0.1) is 6.67 Å². The van der Waals surface area contributed by atoms with Gasteiger partial charge >= 0.3 is 0 Å². The minimum absolute atomic E-state index is 0.124. The van der Waals surface area contributed by atoms with Gasteiger partial charge in [-0.3, -0.25) is 9.29 Å². The maximum absolute atomic E-state index is 11.8. The second-order valence-electron chi connectivity index (χ2n) is 2.72. The predicted octanol–water partition coefficient (Wildman–Crippen LogP) is -0.802. The number of aliphatic hydroxyl groups excluding tert-OH is 1. The number of β-amino-alcohol motifs (C(OH)–C–C–N with tert-alkyl or cyclic N) is 2. The summed E-state index contributed by atoms with van der Waals surface area (Å²) in [4.78, 5) is 1.81. The fraction of sp³-hybridized carbons (Fsp3) is 1.00. The smallest absolute Gasteiger partial charge is 0.164 e. The van der Waals surface area contributed by atoms with Crippen LogP contribution in [-0.2, 0) is 0 Å². The lowest BCUT2D eigenvalue weighted by molar-refractivity contribution is -0.0819. The van der Waals surface area contributed by atoms with Crippen molar-refractivity contribution in [3.63, 3.8) is 0 Å². The van der Waals surface area contributed by atoms with Crippen molar-refractivity contribution in [2.75, 3.05) is 26.3 Å². The molecule has 2 N–H and O–H groups in total. The number of halogens is 1. The fourth-order valence-electron chi connectivity index (χ4n) is 1.15. The molecule has 0 aromatic rings. The zero-order chi connectivity index (χ0) is 7.56. The Bertz CT molecular complexity index is 104. The number of hydrogen-bond acceptors (Lipinski definition) is 3. The predicted molar refractivity (Wildman–Crippen MR) is 34.1 cm³/mol. The van der Waals surface area contributed by atoms with Gasteiger partial charge in [-0.1, -0.05) is 0 Å². The summed E-state index contributed by atoms with van der Waals surface area (Å²) in [6.45, 7) is 1.27. The lowest BCUT2D eigenvalue weighted by Crippen LogP contribution is -2.50. The number of hydrogen-bond donors (Lipinski definition) is 2. The van der Waals surface area contributed by atoms with Crippen molar-refractivity contribution in [3.05, 3.63) is 0 Å². The van der Waals surface area contributed by atoms with Crippen molar-refractivity contribution in [2.24, 2.45) is 5.92 Å². The summed E-state index contributed by atoms with van der Waals surface area (Å²) in [6, 6.07) is 0. The lowest BCUT2D eigenvalue weighted by Gasteiger charge is -2.37. The molecule has 1 rings (SSSR count). The van der Waals surface area contributed by atoms with Crippen LogP contribution in [0.3, 0.4) is 0 Å². The van der Waals surface area contributed by atoms with Gasteiger partial charge < -0.3 is 10.2 Å². The summed E-state index contributed by atoms with van der Waals surface area (Å²) in [6.07, 6.45) is -1.28. The summed E-state index contributed by atoms with van der Waals surface area (Å²) >= 11 is 0. The molecule has 1 aliphatic rings. The first kappa shape index (κ1) is 7.91. The highest BCUT2D eigenvalue weighted by molar-refractivity contribution is 4.78. The van der Waals surface area contributed by atoms with E-state index in [9.17, 15) is 4.39 Å². The van der Waals surface area contributed by atoms with E-state index in [0.29, 0.717) is 13.1 Å². The van der Waals surface area contributed by atoms with E-state index in [0.717, 1.165) is 0 Å². The van der Waals surface area contributed by atoms with Crippen molar-refractivity contribution < 1.29 is 14.6 Å². The summed E-state index contributed by atoms with van der Waals surface area (Å²) in [5.41, 5.74) is 0. The van der Waals surface area contributed by atoms with Crippen LogP contribution in [0.15, 0.2) is 0 Å². The van der Waals surface area contributed by atoms with Gasteiger partial charge in [0.2, 0.25) is 0 Å². The second-order valence-corrected chi connectivity index (χ2v) is 2.72. The zero-order valence-corrected chi connectivity index (χ0v) is 5.70. The van der Waals surface area contributed by atoms with Gasteiger partial charge in [-0.15, -0.1) is 0 Å². The van der Waals surface area contributed by atoms with Crippen LogP contribution < -0.4 is 0 Å². The van der Waals surface area contributed by atoms with Crippen molar-refractivity contribution in [2.45, 2.75) is 6.29 Å². The monoisotopic (exact) mass is 149 g/mol. The summed E-state index contributed by atoms with van der Waals surface area (Å²) in [7, 11) is 0. The Hall–Kier alpha value is -0.190. The van der Waals surface area contributed by atoms with Crippen LogP contribution in [0.2, 0.25) is 0 Å². The van der Waals surface area contributed by atoms with Crippen LogP contribution in [0, 0.1) is 5.92 Å². The van der Waals surface area contributed by atoms with Gasteiger partial charge in [0, 0.05) is 25.6 Å². The van der Waals surface area contributed by atoms with Crippen molar-refractivity contribution in [3.8, 4) is 0 Å². The van der Waals surface area contributed by atoms with Gasteiger partial charge in [0.1, 0.15) is 0 Å². The fourth-order valence-corrected chi connectivity index (χ4v) is 1.15. The minimum atomic E-state index is -1.28. The van der Waals surface area contributed by atoms with Gasteiger partial charge in [-0.25, -0.2) is 0 Å². The van der Waals surface area contributed by atoms with Gasteiger partial charge in [0.25, 0.3) is 0 Å². The molecule has 4 heteroatoms. The minimum Gasteiger partial charge on any atom is -0.367 e. The molecule has 1 fully saturated rings. The molecule has 60 valence electrons. The number of rotatable bonds is 3. The Morgan fingerprint density at radius 2 is 2.10 bits per heavy atom. The highest BCUT2D eigenvalue weighted by Crippen LogP contribution is 2.14. The van der Waals surface area contributed by atoms with Gasteiger partial charge in [-0.2, -0.15) is 0 Å². The standard InChI is InChI=1S/C6H12FNO2/c7-1-5-2-8(3-5)4-6(9)10/h5-6,9-10H,1-4H2. The molecule has 1 aliphatic heterocycles. The average molecular weight is 149 g/mol. The number of nitrogens with zero attached hydrogens (tertiary/aromatic N) is 1. The molecule has 0 aromatic carbocycles. The highest BCUT2D eigenvalue weighted by atomic mass is 19.1. The number of alkyl halides is 1. The maximum atomic E-state index is 11.8. The molecule has 0 saturated carbocycles. The molecular weight excluding hydrogens is 137 g/mol. The van der Waals surface area contributed by atoms with E-state index in [1.54, 1.807) is 0 Å². The van der Waals surface area contributed by atoms with E-state index in [4.69, 9.17) is 10.2 Å². The molecule has 10 heavy (non-hydrogen) atoms. The molecule has 0 amide bonds. The molecule has 0 bridgehead atoms. The van der Waals surface area contributed by atoms with Crippen LogP contribution in [0.4, 0.5) is 4.39 Å². The molecule has 0 aromatic heterocycles. The Labute approximate surface area is 59.1 Å². The van der Waals surface area contributed by atoms with E-state index in [2.05, 4.69) is 0 Å². The first-order valence-corrected chi connectivity index (χ1v) is 3.37. The highest BCUT2D eigenvalue weighted by Gasteiger charge is 2.27. The average Bonchev–Trinajstić information content (AvgIpc) is 1.76. The van der Waals surface area contributed by atoms with Crippen molar-refractivity contribution >= 4 is 0 Å². The molecule has 0 radical (unpaired) electrons. The maximum Gasteiger partial charge on any atom is 0.164 e. The van der Waals surface area contributed by atoms with Crippen LogP contribution in [0.1, 0.15) is 0 Å². The Kier molecular flexibility index (Phi) is 2.59. The van der Waals surface area contributed by atoms with E-state index in [-0.39, 0.29) is 19.1 Å². The summed E-state index contributed by atoms with van der Waals surface area (Å²) in [5, 5.41) is 16.9. The SMILES string of the molecule is OC(O)CN1CC(CF)C1.